The topological polar surface area (TPSA) is 34.5 Å². The van der Waals surface area contributed by atoms with Crippen LogP contribution in [-0.2, 0) is 11.3 Å². The number of hydrogen-bond donors (Lipinski definition) is 0. The standard InChI is InChI=1S/C27H31FN2O2/c1-17-9-11-22-23(13-17)29(3)18(2)15-30-24-14-20(27(31)32-16-28)10-12-21(24)25(26(22)30)19-7-5-4-6-8-19/h9-14,18-19H,4-8,15-16H2,1-3H3. The summed E-state index contributed by atoms with van der Waals surface area (Å²) in [6.45, 7) is 4.11. The smallest absolute Gasteiger partial charge is 0.340 e. The molecule has 4 nitrogen and oxygen atoms in total. The van der Waals surface area contributed by atoms with Crippen LogP contribution in [0.15, 0.2) is 36.4 Å². The monoisotopic (exact) mass is 434 g/mol. The molecule has 1 atom stereocenters. The van der Waals surface area contributed by atoms with Crippen molar-refractivity contribution in [2.24, 2.45) is 0 Å². The molecule has 2 aliphatic rings. The highest BCUT2D eigenvalue weighted by molar-refractivity contribution is 6.00. The van der Waals surface area contributed by atoms with Gasteiger partial charge in [-0.3, -0.25) is 0 Å². The number of carbonyl (C=O) groups is 1. The molecule has 1 fully saturated rings. The Morgan fingerprint density at radius 3 is 2.66 bits per heavy atom. The van der Waals surface area contributed by atoms with Crippen LogP contribution in [0.2, 0.25) is 0 Å². The number of rotatable bonds is 3. The second kappa shape index (κ2) is 8.27. The Morgan fingerprint density at radius 1 is 1.12 bits per heavy atom. The van der Waals surface area contributed by atoms with E-state index in [4.69, 9.17) is 0 Å². The van der Waals surface area contributed by atoms with E-state index in [1.807, 2.05) is 6.07 Å². The number of carbonyl (C=O) groups excluding carboxylic acids is 1. The van der Waals surface area contributed by atoms with Crippen molar-refractivity contribution in [1.82, 2.24) is 4.57 Å². The van der Waals surface area contributed by atoms with Crippen LogP contribution in [0.5, 0.6) is 0 Å². The molecule has 3 aromatic rings. The lowest BCUT2D eigenvalue weighted by Crippen LogP contribution is -2.31. The van der Waals surface area contributed by atoms with E-state index in [0.717, 1.165) is 12.1 Å². The summed E-state index contributed by atoms with van der Waals surface area (Å²) in [6.07, 6.45) is 6.22. The molecule has 1 saturated carbocycles. The number of anilines is 1. The number of hydrogen-bond acceptors (Lipinski definition) is 3. The molecule has 32 heavy (non-hydrogen) atoms. The van der Waals surface area contributed by atoms with Gasteiger partial charge in [-0.05, 0) is 61.9 Å². The molecular formula is C27H31FN2O2. The van der Waals surface area contributed by atoms with E-state index in [9.17, 15) is 9.18 Å². The molecule has 2 aromatic carbocycles. The SMILES string of the molecule is Cc1ccc2c(c1)N(C)C(C)Cn1c-2c(C2CCCCC2)c2ccc(C(=O)OCF)cc21. The van der Waals surface area contributed by atoms with E-state index in [0.29, 0.717) is 11.5 Å². The molecule has 0 radical (unpaired) electrons. The van der Waals surface area contributed by atoms with E-state index in [2.05, 4.69) is 59.4 Å². The van der Waals surface area contributed by atoms with Crippen molar-refractivity contribution in [3.05, 3.63) is 53.1 Å². The molecular weight excluding hydrogens is 403 g/mol. The summed E-state index contributed by atoms with van der Waals surface area (Å²) >= 11 is 0. The molecule has 0 N–H and O–H groups in total. The summed E-state index contributed by atoms with van der Waals surface area (Å²) < 4.78 is 19.7. The van der Waals surface area contributed by atoms with Crippen molar-refractivity contribution in [2.75, 3.05) is 18.8 Å². The van der Waals surface area contributed by atoms with Gasteiger partial charge in [0, 0.05) is 41.8 Å². The Kier molecular flexibility index (Phi) is 5.44. The second-order valence-corrected chi connectivity index (χ2v) is 9.46. The van der Waals surface area contributed by atoms with Gasteiger partial charge < -0.3 is 14.2 Å². The maximum absolute atomic E-state index is 12.7. The highest BCUT2D eigenvalue weighted by Gasteiger charge is 2.31. The van der Waals surface area contributed by atoms with Gasteiger partial charge in [-0.1, -0.05) is 37.5 Å². The van der Waals surface area contributed by atoms with Crippen molar-refractivity contribution in [2.45, 2.75) is 64.5 Å². The predicted octanol–water partition coefficient (Wildman–Crippen LogP) is 6.59. The molecule has 1 aromatic heterocycles. The number of fused-ring (bicyclic) bond motifs is 5. The Labute approximate surface area is 189 Å². The lowest BCUT2D eigenvalue weighted by Gasteiger charge is -2.27. The van der Waals surface area contributed by atoms with E-state index >= 15 is 0 Å². The van der Waals surface area contributed by atoms with Gasteiger partial charge in [0.15, 0.2) is 0 Å². The first-order chi connectivity index (χ1) is 15.5. The number of esters is 1. The van der Waals surface area contributed by atoms with Crippen molar-refractivity contribution >= 4 is 22.6 Å². The average molecular weight is 435 g/mol. The number of likely N-dealkylation sites (N-methyl/N-ethyl adjacent to an activating group) is 1. The van der Waals surface area contributed by atoms with Gasteiger partial charge in [-0.25, -0.2) is 9.18 Å². The third-order valence-electron chi connectivity index (χ3n) is 7.43. The molecule has 1 aliphatic carbocycles. The van der Waals surface area contributed by atoms with Crippen LogP contribution in [0.3, 0.4) is 0 Å². The van der Waals surface area contributed by atoms with Crippen LogP contribution in [-0.4, -0.2) is 30.5 Å². The van der Waals surface area contributed by atoms with Gasteiger partial charge in [-0.15, -0.1) is 0 Å². The molecule has 168 valence electrons. The third-order valence-corrected chi connectivity index (χ3v) is 7.43. The van der Waals surface area contributed by atoms with Gasteiger partial charge in [0.1, 0.15) is 0 Å². The maximum Gasteiger partial charge on any atom is 0.340 e. The molecule has 0 spiro atoms. The van der Waals surface area contributed by atoms with Gasteiger partial charge in [-0.2, -0.15) is 0 Å². The zero-order valence-corrected chi connectivity index (χ0v) is 19.2. The number of benzene rings is 2. The van der Waals surface area contributed by atoms with Crippen LogP contribution in [0.4, 0.5) is 10.1 Å². The summed E-state index contributed by atoms with van der Waals surface area (Å²) in [4.78, 5) is 14.7. The van der Waals surface area contributed by atoms with Gasteiger partial charge >= 0.3 is 5.97 Å². The van der Waals surface area contributed by atoms with Gasteiger partial charge in [0.2, 0.25) is 6.86 Å². The fourth-order valence-electron chi connectivity index (χ4n) is 5.68. The summed E-state index contributed by atoms with van der Waals surface area (Å²) in [7, 11) is 2.17. The molecule has 0 amide bonds. The molecule has 1 aliphatic heterocycles. The van der Waals surface area contributed by atoms with Crippen LogP contribution in [0, 0.1) is 6.92 Å². The van der Waals surface area contributed by atoms with Crippen LogP contribution in [0.25, 0.3) is 22.2 Å². The summed E-state index contributed by atoms with van der Waals surface area (Å²) in [6, 6.07) is 12.8. The van der Waals surface area contributed by atoms with Crippen molar-refractivity contribution in [1.29, 1.82) is 0 Å². The van der Waals surface area contributed by atoms with E-state index in [1.54, 1.807) is 6.07 Å². The Bertz CT molecular complexity index is 1180. The lowest BCUT2D eigenvalue weighted by molar-refractivity contribution is 0.0324. The number of aryl methyl sites for hydroxylation is 1. The zero-order valence-electron chi connectivity index (χ0n) is 19.2. The minimum Gasteiger partial charge on any atom is -0.430 e. The third kappa shape index (κ3) is 3.39. The number of alkyl halides is 1. The molecule has 0 bridgehead atoms. The Morgan fingerprint density at radius 2 is 1.91 bits per heavy atom. The van der Waals surface area contributed by atoms with Crippen LogP contribution >= 0.6 is 0 Å². The zero-order chi connectivity index (χ0) is 22.4. The molecule has 2 heterocycles. The average Bonchev–Trinajstić information content (AvgIpc) is 3.07. The Balaban J connectivity index is 1.82. The van der Waals surface area contributed by atoms with Gasteiger partial charge in [0.05, 0.1) is 11.3 Å². The predicted molar refractivity (Wildman–Crippen MR) is 127 cm³/mol. The molecule has 5 heteroatoms. The fraction of sp³-hybridized carbons (Fsp3) is 0.444. The molecule has 5 rings (SSSR count). The van der Waals surface area contributed by atoms with E-state index in [-0.39, 0.29) is 6.04 Å². The number of halogens is 1. The first-order valence-corrected chi connectivity index (χ1v) is 11.7. The van der Waals surface area contributed by atoms with Crippen molar-refractivity contribution in [3.8, 4) is 11.3 Å². The largest absolute Gasteiger partial charge is 0.430 e. The second-order valence-electron chi connectivity index (χ2n) is 9.46. The highest BCUT2D eigenvalue weighted by atomic mass is 19.1. The first kappa shape index (κ1) is 21.0. The number of nitrogens with zero attached hydrogens (tertiary/aromatic N) is 2. The normalized spacial score (nSPS) is 18.9. The molecule has 1 unspecified atom stereocenters. The fourth-order valence-corrected chi connectivity index (χ4v) is 5.68. The maximum atomic E-state index is 12.7. The highest BCUT2D eigenvalue weighted by Crippen LogP contribution is 2.48. The summed E-state index contributed by atoms with van der Waals surface area (Å²) in [5, 5.41) is 1.21. The van der Waals surface area contributed by atoms with Crippen molar-refractivity contribution < 1.29 is 13.9 Å². The number of aromatic nitrogens is 1. The lowest BCUT2D eigenvalue weighted by atomic mass is 9.81. The van der Waals surface area contributed by atoms with E-state index < -0.39 is 12.8 Å². The minimum atomic E-state index is -1.11. The minimum absolute atomic E-state index is 0.285. The summed E-state index contributed by atoms with van der Waals surface area (Å²) in [5.41, 5.74) is 7.91. The van der Waals surface area contributed by atoms with E-state index in [1.165, 1.54) is 65.6 Å². The molecule has 0 saturated heterocycles. The number of ether oxygens (including phenoxy) is 1. The van der Waals surface area contributed by atoms with Gasteiger partial charge in [0.25, 0.3) is 0 Å². The Hall–Kier alpha value is -2.82. The summed E-state index contributed by atoms with van der Waals surface area (Å²) in [5.74, 6) is -0.0991. The van der Waals surface area contributed by atoms with Crippen LogP contribution < -0.4 is 4.90 Å². The quantitative estimate of drug-likeness (QED) is 0.436. The van der Waals surface area contributed by atoms with Crippen molar-refractivity contribution in [3.63, 3.8) is 0 Å². The van der Waals surface area contributed by atoms with Crippen LogP contribution in [0.1, 0.15) is 66.4 Å². The first-order valence-electron chi connectivity index (χ1n) is 11.7.